The molecule has 0 aliphatic heterocycles. The fraction of sp³-hybridized carbons (Fsp3) is 0.154. The highest BCUT2D eigenvalue weighted by Crippen LogP contribution is 2.21. The third-order valence-electron chi connectivity index (χ3n) is 2.72. The minimum atomic E-state index is 0.368. The number of nitrogens with zero attached hydrogens (tertiary/aromatic N) is 4. The van der Waals surface area contributed by atoms with Gasteiger partial charge in [-0.3, -0.25) is 0 Å². The minimum Gasteiger partial charge on any atom is -0.377 e. The van der Waals surface area contributed by atoms with Crippen LogP contribution in [0.5, 0.6) is 0 Å². The molecule has 0 aliphatic carbocycles. The number of methoxy groups -OCH3 is 1. The summed E-state index contributed by atoms with van der Waals surface area (Å²) in [7, 11) is 1.61. The van der Waals surface area contributed by atoms with Gasteiger partial charge in [0.15, 0.2) is 11.5 Å². The summed E-state index contributed by atoms with van der Waals surface area (Å²) in [6, 6.07) is 11.3. The van der Waals surface area contributed by atoms with Crippen molar-refractivity contribution in [1.82, 2.24) is 19.8 Å². The van der Waals surface area contributed by atoms with Crippen molar-refractivity contribution in [2.75, 3.05) is 7.11 Å². The van der Waals surface area contributed by atoms with E-state index in [9.17, 15) is 0 Å². The van der Waals surface area contributed by atoms with Gasteiger partial charge in [0, 0.05) is 17.7 Å². The zero-order chi connectivity index (χ0) is 13.2. The SMILES string of the molecule is COCc1nnc2ccc(-c3cccc(Cl)c3)nn12. The van der Waals surface area contributed by atoms with Gasteiger partial charge in [-0.25, -0.2) is 0 Å². The lowest BCUT2D eigenvalue weighted by Gasteiger charge is -2.03. The molecule has 96 valence electrons. The maximum atomic E-state index is 5.99. The van der Waals surface area contributed by atoms with Crippen LogP contribution in [-0.2, 0) is 11.3 Å². The zero-order valence-electron chi connectivity index (χ0n) is 10.2. The van der Waals surface area contributed by atoms with E-state index in [-0.39, 0.29) is 0 Å². The normalized spacial score (nSPS) is 11.1. The van der Waals surface area contributed by atoms with Gasteiger partial charge in [-0.2, -0.15) is 9.61 Å². The topological polar surface area (TPSA) is 52.3 Å². The van der Waals surface area contributed by atoms with Crippen LogP contribution in [0, 0.1) is 0 Å². The second-order valence-corrected chi connectivity index (χ2v) is 4.48. The van der Waals surface area contributed by atoms with Crippen LogP contribution in [-0.4, -0.2) is 26.9 Å². The van der Waals surface area contributed by atoms with Gasteiger partial charge in [0.2, 0.25) is 0 Å². The molecule has 0 saturated carbocycles. The van der Waals surface area contributed by atoms with Crippen LogP contribution < -0.4 is 0 Å². The summed E-state index contributed by atoms with van der Waals surface area (Å²) in [6.07, 6.45) is 0. The van der Waals surface area contributed by atoms with Crippen molar-refractivity contribution < 1.29 is 4.74 Å². The van der Waals surface area contributed by atoms with E-state index >= 15 is 0 Å². The molecule has 0 amide bonds. The summed E-state index contributed by atoms with van der Waals surface area (Å²) in [5.74, 6) is 0.668. The van der Waals surface area contributed by atoms with Gasteiger partial charge in [-0.15, -0.1) is 10.2 Å². The van der Waals surface area contributed by atoms with Crippen LogP contribution in [0.2, 0.25) is 5.02 Å². The number of rotatable bonds is 3. The Morgan fingerprint density at radius 3 is 2.89 bits per heavy atom. The molecule has 0 atom stereocenters. The molecule has 0 bridgehead atoms. The zero-order valence-corrected chi connectivity index (χ0v) is 11.0. The average molecular weight is 275 g/mol. The average Bonchev–Trinajstić information content (AvgIpc) is 2.82. The van der Waals surface area contributed by atoms with E-state index in [1.165, 1.54) is 0 Å². The molecule has 2 heterocycles. The fourth-order valence-electron chi connectivity index (χ4n) is 1.85. The smallest absolute Gasteiger partial charge is 0.180 e. The van der Waals surface area contributed by atoms with Gasteiger partial charge in [-0.1, -0.05) is 23.7 Å². The number of halogens is 1. The third kappa shape index (κ3) is 2.30. The van der Waals surface area contributed by atoms with Gasteiger partial charge < -0.3 is 4.74 Å². The van der Waals surface area contributed by atoms with Gasteiger partial charge in [0.1, 0.15) is 6.61 Å². The molecular formula is C13H11ClN4O. The molecule has 0 saturated heterocycles. The Bertz CT molecular complexity index is 725. The predicted molar refractivity (Wildman–Crippen MR) is 71.9 cm³/mol. The molecule has 19 heavy (non-hydrogen) atoms. The van der Waals surface area contributed by atoms with Crippen LogP contribution in [0.3, 0.4) is 0 Å². The van der Waals surface area contributed by atoms with Crippen LogP contribution >= 0.6 is 11.6 Å². The van der Waals surface area contributed by atoms with E-state index in [4.69, 9.17) is 16.3 Å². The lowest BCUT2D eigenvalue weighted by atomic mass is 10.1. The summed E-state index contributed by atoms with van der Waals surface area (Å²) >= 11 is 5.99. The lowest BCUT2D eigenvalue weighted by Crippen LogP contribution is -2.01. The van der Waals surface area contributed by atoms with E-state index in [0.717, 1.165) is 11.3 Å². The molecule has 2 aromatic heterocycles. The van der Waals surface area contributed by atoms with E-state index in [2.05, 4.69) is 15.3 Å². The first-order chi connectivity index (χ1) is 9.28. The lowest BCUT2D eigenvalue weighted by molar-refractivity contribution is 0.176. The van der Waals surface area contributed by atoms with E-state index in [1.54, 1.807) is 11.6 Å². The van der Waals surface area contributed by atoms with E-state index in [0.29, 0.717) is 23.1 Å². The number of aromatic nitrogens is 4. The van der Waals surface area contributed by atoms with Crippen molar-refractivity contribution in [3.63, 3.8) is 0 Å². The second kappa shape index (κ2) is 4.95. The van der Waals surface area contributed by atoms with Crippen LogP contribution in [0.4, 0.5) is 0 Å². The number of hydrogen-bond donors (Lipinski definition) is 0. The van der Waals surface area contributed by atoms with E-state index in [1.807, 2.05) is 36.4 Å². The number of fused-ring (bicyclic) bond motifs is 1. The van der Waals surface area contributed by atoms with Gasteiger partial charge >= 0.3 is 0 Å². The van der Waals surface area contributed by atoms with Gasteiger partial charge in [0.25, 0.3) is 0 Å². The Labute approximate surface area is 114 Å². The van der Waals surface area contributed by atoms with E-state index < -0.39 is 0 Å². The Hall–Kier alpha value is -1.98. The molecule has 6 heteroatoms. The van der Waals surface area contributed by atoms with Crippen molar-refractivity contribution in [3.05, 3.63) is 47.2 Å². The first kappa shape index (κ1) is 12.1. The minimum absolute atomic E-state index is 0.368. The molecule has 0 spiro atoms. The van der Waals surface area contributed by atoms with Gasteiger partial charge in [0.05, 0.1) is 5.69 Å². The Morgan fingerprint density at radius 2 is 2.11 bits per heavy atom. The highest BCUT2D eigenvalue weighted by Gasteiger charge is 2.08. The molecule has 0 unspecified atom stereocenters. The first-order valence-electron chi connectivity index (χ1n) is 5.74. The summed E-state index contributed by atoms with van der Waals surface area (Å²) in [4.78, 5) is 0. The highest BCUT2D eigenvalue weighted by atomic mass is 35.5. The molecule has 0 fully saturated rings. The maximum Gasteiger partial charge on any atom is 0.180 e. The second-order valence-electron chi connectivity index (χ2n) is 4.05. The van der Waals surface area contributed by atoms with Crippen LogP contribution in [0.15, 0.2) is 36.4 Å². The molecular weight excluding hydrogens is 264 g/mol. The van der Waals surface area contributed by atoms with Crippen LogP contribution in [0.25, 0.3) is 16.9 Å². The molecule has 0 aliphatic rings. The van der Waals surface area contributed by atoms with Crippen molar-refractivity contribution >= 4 is 17.2 Å². The largest absolute Gasteiger partial charge is 0.377 e. The summed E-state index contributed by atoms with van der Waals surface area (Å²) in [5, 5.41) is 13.3. The van der Waals surface area contributed by atoms with Crippen LogP contribution in [0.1, 0.15) is 5.82 Å². The highest BCUT2D eigenvalue weighted by molar-refractivity contribution is 6.30. The Balaban J connectivity index is 2.12. The predicted octanol–water partition coefficient (Wildman–Crippen LogP) is 2.59. The summed E-state index contributed by atoms with van der Waals surface area (Å²) < 4.78 is 6.75. The molecule has 1 aromatic carbocycles. The van der Waals surface area contributed by atoms with Crippen molar-refractivity contribution in [2.24, 2.45) is 0 Å². The number of benzene rings is 1. The number of ether oxygens (including phenoxy) is 1. The maximum absolute atomic E-state index is 5.99. The Kier molecular flexibility index (Phi) is 3.15. The van der Waals surface area contributed by atoms with Crippen molar-refractivity contribution in [2.45, 2.75) is 6.61 Å². The molecule has 3 rings (SSSR count). The fourth-order valence-corrected chi connectivity index (χ4v) is 2.04. The monoisotopic (exact) mass is 274 g/mol. The molecule has 5 nitrogen and oxygen atoms in total. The molecule has 0 N–H and O–H groups in total. The third-order valence-corrected chi connectivity index (χ3v) is 2.96. The molecule has 0 radical (unpaired) electrons. The Morgan fingerprint density at radius 1 is 1.21 bits per heavy atom. The molecule has 3 aromatic rings. The van der Waals surface area contributed by atoms with Crippen molar-refractivity contribution in [3.8, 4) is 11.3 Å². The quantitative estimate of drug-likeness (QED) is 0.737. The van der Waals surface area contributed by atoms with Gasteiger partial charge in [-0.05, 0) is 24.3 Å². The summed E-state index contributed by atoms with van der Waals surface area (Å²) in [5.41, 5.74) is 2.46. The van der Waals surface area contributed by atoms with Crippen molar-refractivity contribution in [1.29, 1.82) is 0 Å². The summed E-state index contributed by atoms with van der Waals surface area (Å²) in [6.45, 7) is 0.368. The first-order valence-corrected chi connectivity index (χ1v) is 6.12. The standard InChI is InChI=1S/C13H11ClN4O/c1-19-8-13-16-15-12-6-5-11(17-18(12)13)9-3-2-4-10(14)7-9/h2-7H,8H2,1H3. The number of hydrogen-bond acceptors (Lipinski definition) is 4.